The number of oxime groups is 1. The predicted octanol–water partition coefficient (Wildman–Crippen LogP) is 3.60. The zero-order chi connectivity index (χ0) is 22.5. The van der Waals surface area contributed by atoms with Gasteiger partial charge >= 0.3 is 0 Å². The van der Waals surface area contributed by atoms with Crippen molar-refractivity contribution in [1.82, 2.24) is 14.4 Å². The molecule has 2 aliphatic heterocycles. The number of hydrogen-bond acceptors (Lipinski definition) is 5. The van der Waals surface area contributed by atoms with Crippen LogP contribution in [-0.4, -0.2) is 70.5 Å². The highest BCUT2D eigenvalue weighted by Crippen LogP contribution is 2.22. The molecule has 4 rings (SSSR count). The lowest BCUT2D eigenvalue weighted by molar-refractivity contribution is 0.0790. The number of ether oxygens (including phenoxy) is 1. The third-order valence-corrected chi connectivity index (χ3v) is 6.40. The van der Waals surface area contributed by atoms with Crippen LogP contribution in [-0.2, 0) is 6.54 Å². The van der Waals surface area contributed by atoms with Gasteiger partial charge in [-0.3, -0.25) is 4.79 Å². The van der Waals surface area contributed by atoms with Crippen LogP contribution in [0.4, 0.5) is 4.39 Å². The Kier molecular flexibility index (Phi) is 7.09. The van der Waals surface area contributed by atoms with Crippen LogP contribution in [0.3, 0.4) is 0 Å². The lowest BCUT2D eigenvalue weighted by Crippen LogP contribution is -2.38. The first kappa shape index (κ1) is 22.3. The molecule has 0 spiro atoms. The molecule has 1 aromatic heterocycles. The molecular weight excluding hydrogens is 411 g/mol. The Morgan fingerprint density at radius 2 is 1.81 bits per heavy atom. The van der Waals surface area contributed by atoms with Gasteiger partial charge in [-0.15, -0.1) is 0 Å². The van der Waals surface area contributed by atoms with Gasteiger partial charge in [-0.25, -0.2) is 4.39 Å². The van der Waals surface area contributed by atoms with Crippen molar-refractivity contribution in [2.75, 3.05) is 33.2 Å². The number of likely N-dealkylation sites (tertiary alicyclic amines) is 1. The Hall–Kier alpha value is -2.87. The molecule has 0 radical (unpaired) electrons. The Morgan fingerprint density at radius 1 is 1.09 bits per heavy atom. The summed E-state index contributed by atoms with van der Waals surface area (Å²) in [5.74, 6) is 0.457. The van der Waals surface area contributed by atoms with Gasteiger partial charge in [0.1, 0.15) is 23.4 Å². The number of unbranched alkanes of at least 4 members (excludes halogenated alkanes) is 1. The van der Waals surface area contributed by atoms with E-state index in [9.17, 15) is 14.4 Å². The van der Waals surface area contributed by atoms with Gasteiger partial charge in [0.15, 0.2) is 0 Å². The lowest BCUT2D eigenvalue weighted by Gasteiger charge is -2.32. The summed E-state index contributed by atoms with van der Waals surface area (Å²) in [6.07, 6.45) is 6.59. The van der Waals surface area contributed by atoms with Crippen molar-refractivity contribution in [3.05, 3.63) is 53.6 Å². The maximum atomic E-state index is 13.0. The van der Waals surface area contributed by atoms with E-state index in [2.05, 4.69) is 10.1 Å². The topological polar surface area (TPSA) is 70.3 Å². The summed E-state index contributed by atoms with van der Waals surface area (Å²) in [7, 11) is 1.78. The molecule has 32 heavy (non-hydrogen) atoms. The summed E-state index contributed by atoms with van der Waals surface area (Å²) in [4.78, 5) is 16.9. The van der Waals surface area contributed by atoms with Crippen LogP contribution in [0.25, 0.3) is 0 Å². The number of amides is 1. The van der Waals surface area contributed by atoms with E-state index in [4.69, 9.17) is 4.74 Å². The molecule has 2 aliphatic rings. The average molecular weight is 443 g/mol. The van der Waals surface area contributed by atoms with Crippen LogP contribution in [0, 0.1) is 5.82 Å². The van der Waals surface area contributed by atoms with Crippen molar-refractivity contribution in [2.24, 2.45) is 5.16 Å². The number of carbonyl (C=O) groups is 1. The van der Waals surface area contributed by atoms with Gasteiger partial charge in [0.25, 0.3) is 5.91 Å². The van der Waals surface area contributed by atoms with E-state index < -0.39 is 0 Å². The second-order valence-electron chi connectivity index (χ2n) is 8.61. The molecule has 1 saturated heterocycles. The minimum Gasteiger partial charge on any atom is -0.490 e. The molecule has 1 N–H and O–H groups in total. The molecule has 2 aromatic rings. The molecule has 3 heterocycles. The number of benzene rings is 1. The van der Waals surface area contributed by atoms with Crippen molar-refractivity contribution in [1.29, 1.82) is 0 Å². The second kappa shape index (κ2) is 10.2. The fourth-order valence-electron chi connectivity index (χ4n) is 4.50. The highest BCUT2D eigenvalue weighted by molar-refractivity contribution is 6.11. The van der Waals surface area contributed by atoms with Gasteiger partial charge in [-0.2, -0.15) is 0 Å². The van der Waals surface area contributed by atoms with Crippen LogP contribution in [0.2, 0.25) is 0 Å². The van der Waals surface area contributed by atoms with Crippen molar-refractivity contribution >= 4 is 11.6 Å². The summed E-state index contributed by atoms with van der Waals surface area (Å²) in [5.41, 5.74) is 1.93. The summed E-state index contributed by atoms with van der Waals surface area (Å²) >= 11 is 0. The minimum atomic E-state index is -0.249. The lowest BCUT2D eigenvalue weighted by atomic mass is 10.1. The third kappa shape index (κ3) is 5.12. The van der Waals surface area contributed by atoms with E-state index in [1.54, 1.807) is 24.1 Å². The second-order valence-corrected chi connectivity index (χ2v) is 8.61. The van der Waals surface area contributed by atoms with Crippen LogP contribution in [0.1, 0.15) is 48.2 Å². The SMILES string of the molecule is CN1CCC(=NO)c2ccn(CCCCN3CCC(Oc4ccc(F)cc4)CC3)c2C1=O. The van der Waals surface area contributed by atoms with Gasteiger partial charge in [-0.05, 0) is 62.6 Å². The fraction of sp³-hybridized carbons (Fsp3) is 0.500. The number of rotatable bonds is 7. The third-order valence-electron chi connectivity index (χ3n) is 6.40. The number of aromatic nitrogens is 1. The maximum absolute atomic E-state index is 13.0. The van der Waals surface area contributed by atoms with Gasteiger partial charge in [0.05, 0.1) is 5.71 Å². The molecule has 8 heteroatoms. The predicted molar refractivity (Wildman–Crippen MR) is 120 cm³/mol. The molecule has 0 aliphatic carbocycles. The number of halogens is 1. The van der Waals surface area contributed by atoms with Crippen molar-refractivity contribution in [3.63, 3.8) is 0 Å². The highest BCUT2D eigenvalue weighted by atomic mass is 19.1. The number of hydrogen-bond donors (Lipinski definition) is 1. The monoisotopic (exact) mass is 442 g/mol. The number of fused-ring (bicyclic) bond motifs is 1. The van der Waals surface area contributed by atoms with Gasteiger partial charge in [-0.1, -0.05) is 5.16 Å². The van der Waals surface area contributed by atoms with E-state index in [0.717, 1.165) is 63.2 Å². The van der Waals surface area contributed by atoms with E-state index in [1.165, 1.54) is 12.1 Å². The van der Waals surface area contributed by atoms with Crippen molar-refractivity contribution in [2.45, 2.75) is 44.8 Å². The molecule has 1 amide bonds. The van der Waals surface area contributed by atoms with Crippen LogP contribution in [0.5, 0.6) is 5.75 Å². The van der Waals surface area contributed by atoms with Gasteiger partial charge in [0, 0.05) is 51.4 Å². The highest BCUT2D eigenvalue weighted by Gasteiger charge is 2.27. The zero-order valence-electron chi connectivity index (χ0n) is 18.5. The Morgan fingerprint density at radius 3 is 2.53 bits per heavy atom. The molecule has 0 bridgehead atoms. The molecule has 0 saturated carbocycles. The minimum absolute atomic E-state index is 0.0214. The summed E-state index contributed by atoms with van der Waals surface area (Å²) in [6, 6.07) is 8.10. The van der Waals surface area contributed by atoms with Crippen LogP contribution >= 0.6 is 0 Å². The largest absolute Gasteiger partial charge is 0.490 e. The molecule has 7 nitrogen and oxygen atoms in total. The van der Waals surface area contributed by atoms with Crippen LogP contribution in [0.15, 0.2) is 41.7 Å². The molecule has 0 atom stereocenters. The first-order chi connectivity index (χ1) is 15.5. The quantitative estimate of drug-likeness (QED) is 0.404. The first-order valence-electron chi connectivity index (χ1n) is 11.4. The Labute approximate surface area is 188 Å². The maximum Gasteiger partial charge on any atom is 0.270 e. The van der Waals surface area contributed by atoms with E-state index in [0.29, 0.717) is 24.4 Å². The van der Waals surface area contributed by atoms with E-state index in [-0.39, 0.29) is 17.8 Å². The zero-order valence-corrected chi connectivity index (χ0v) is 18.5. The number of carbonyl (C=O) groups excluding carboxylic acids is 1. The molecular formula is C24H31FN4O3. The summed E-state index contributed by atoms with van der Waals surface area (Å²) in [5, 5.41) is 12.8. The van der Waals surface area contributed by atoms with E-state index in [1.807, 2.05) is 16.8 Å². The molecule has 0 unspecified atom stereocenters. The van der Waals surface area contributed by atoms with E-state index >= 15 is 0 Å². The average Bonchev–Trinajstić information content (AvgIpc) is 3.17. The molecule has 172 valence electrons. The Bertz CT molecular complexity index is 949. The first-order valence-corrected chi connectivity index (χ1v) is 11.4. The van der Waals surface area contributed by atoms with Gasteiger partial charge in [0.2, 0.25) is 0 Å². The van der Waals surface area contributed by atoms with Crippen molar-refractivity contribution < 1.29 is 19.1 Å². The summed E-state index contributed by atoms with van der Waals surface area (Å²) < 4.78 is 21.0. The van der Waals surface area contributed by atoms with Crippen molar-refractivity contribution in [3.8, 4) is 5.75 Å². The summed E-state index contributed by atoms with van der Waals surface area (Å²) in [6.45, 7) is 4.31. The Balaban J connectivity index is 1.22. The number of aryl methyl sites for hydroxylation is 1. The normalized spacial score (nSPS) is 19.2. The number of piperidine rings is 1. The van der Waals surface area contributed by atoms with Crippen LogP contribution < -0.4 is 4.74 Å². The smallest absolute Gasteiger partial charge is 0.270 e. The standard InChI is InChI=1S/C24H31FN4O3/c1-27-14-11-22(26-31)21-10-17-29(23(21)24(27)30)13-3-2-12-28-15-8-20(9-16-28)32-19-6-4-18(25)5-7-19/h4-7,10,17,20,31H,2-3,8-9,11-16H2,1H3. The molecule has 1 aromatic carbocycles. The fourth-order valence-corrected chi connectivity index (χ4v) is 4.50. The number of nitrogens with zero attached hydrogens (tertiary/aromatic N) is 4. The van der Waals surface area contributed by atoms with Gasteiger partial charge < -0.3 is 24.3 Å². The molecule has 1 fully saturated rings.